The number of aliphatic hydroxyl groups excluding tert-OH is 1. The first-order chi connectivity index (χ1) is 20.4. The second-order valence-corrected chi connectivity index (χ2v) is 11.7. The van der Waals surface area contributed by atoms with Crippen LogP contribution in [0.1, 0.15) is 74.2 Å². The number of rotatable bonds is 11. The third-order valence-electron chi connectivity index (χ3n) is 8.70. The monoisotopic (exact) mass is 568 g/mol. The van der Waals surface area contributed by atoms with Crippen LogP contribution in [0.4, 0.5) is 0 Å². The summed E-state index contributed by atoms with van der Waals surface area (Å²) in [6, 6.07) is 25.3. The average Bonchev–Trinajstić information content (AvgIpc) is 3.56. The molecule has 1 heterocycles. The Morgan fingerprint density at radius 3 is 2.38 bits per heavy atom. The van der Waals surface area contributed by atoms with Crippen LogP contribution in [0.15, 0.2) is 85.5 Å². The smallest absolute Gasteiger partial charge is 0.217 e. The van der Waals surface area contributed by atoms with E-state index in [9.17, 15) is 9.90 Å². The molecule has 4 atom stereocenters. The van der Waals surface area contributed by atoms with E-state index in [4.69, 9.17) is 9.47 Å². The van der Waals surface area contributed by atoms with Gasteiger partial charge in [0.25, 0.3) is 0 Å². The standard InChI is InChI=1S/C36H44N2O4/c1-4-19-38(33-13-5-6-14-33)23-34-25(2)35(29-17-15-27(24-39)16-18-29)42-36(41-34)32-12-8-11-31(21-32)30-10-7-9-28(20-30)22-37-26(3)40/h4,7-12,15-18,20-21,25,33-36,39H,1,5-6,13-14,19,22-24H2,2-3H3,(H,37,40). The van der Waals surface area contributed by atoms with Crippen molar-refractivity contribution >= 4 is 5.91 Å². The Kier molecular flexibility index (Phi) is 10.2. The zero-order chi connectivity index (χ0) is 29.5. The zero-order valence-corrected chi connectivity index (χ0v) is 24.9. The Hall–Kier alpha value is -3.29. The molecule has 1 aliphatic heterocycles. The van der Waals surface area contributed by atoms with Crippen LogP contribution in [0.25, 0.3) is 11.1 Å². The Labute approximate surface area is 250 Å². The lowest BCUT2D eigenvalue weighted by atomic mass is 9.89. The number of amides is 1. The van der Waals surface area contributed by atoms with Gasteiger partial charge in [-0.15, -0.1) is 6.58 Å². The normalized spacial score (nSPS) is 22.8. The summed E-state index contributed by atoms with van der Waals surface area (Å²) in [7, 11) is 0. The van der Waals surface area contributed by atoms with Crippen molar-refractivity contribution in [3.05, 3.63) is 108 Å². The van der Waals surface area contributed by atoms with E-state index in [1.165, 1.54) is 32.6 Å². The van der Waals surface area contributed by atoms with E-state index in [1.54, 1.807) is 0 Å². The van der Waals surface area contributed by atoms with E-state index < -0.39 is 6.29 Å². The fourth-order valence-electron chi connectivity index (χ4n) is 6.32. The molecule has 6 heteroatoms. The van der Waals surface area contributed by atoms with Crippen molar-refractivity contribution in [2.75, 3.05) is 13.1 Å². The van der Waals surface area contributed by atoms with Gasteiger partial charge in [0.1, 0.15) is 0 Å². The lowest BCUT2D eigenvalue weighted by Crippen LogP contribution is -2.47. The summed E-state index contributed by atoms with van der Waals surface area (Å²) in [6.45, 7) is 9.99. The fourth-order valence-corrected chi connectivity index (χ4v) is 6.32. The highest BCUT2D eigenvalue weighted by atomic mass is 16.7. The highest BCUT2D eigenvalue weighted by Crippen LogP contribution is 2.43. The lowest BCUT2D eigenvalue weighted by Gasteiger charge is -2.43. The van der Waals surface area contributed by atoms with E-state index in [1.807, 2.05) is 30.3 Å². The van der Waals surface area contributed by atoms with Crippen LogP contribution in [0.2, 0.25) is 0 Å². The van der Waals surface area contributed by atoms with Crippen molar-refractivity contribution in [2.45, 2.75) is 77.2 Å². The largest absolute Gasteiger partial charge is 0.392 e. The highest BCUT2D eigenvalue weighted by Gasteiger charge is 2.40. The molecule has 4 unspecified atom stereocenters. The second kappa shape index (κ2) is 14.3. The minimum atomic E-state index is -0.523. The number of hydrogen-bond acceptors (Lipinski definition) is 5. The minimum Gasteiger partial charge on any atom is -0.392 e. The summed E-state index contributed by atoms with van der Waals surface area (Å²) in [5.41, 5.74) is 6.16. The van der Waals surface area contributed by atoms with Gasteiger partial charge in [0.15, 0.2) is 6.29 Å². The maximum atomic E-state index is 11.4. The van der Waals surface area contributed by atoms with Crippen LogP contribution in [0, 0.1) is 5.92 Å². The molecule has 2 aliphatic rings. The van der Waals surface area contributed by atoms with Gasteiger partial charge in [0.05, 0.1) is 18.8 Å². The van der Waals surface area contributed by atoms with Gasteiger partial charge in [0, 0.05) is 44.1 Å². The first-order valence-electron chi connectivity index (χ1n) is 15.2. The molecular formula is C36H44N2O4. The van der Waals surface area contributed by atoms with E-state index in [-0.39, 0.29) is 30.6 Å². The van der Waals surface area contributed by atoms with Gasteiger partial charge in [-0.3, -0.25) is 9.69 Å². The molecule has 1 aliphatic carbocycles. The lowest BCUT2D eigenvalue weighted by molar-refractivity contribution is -0.276. The number of carbonyl (C=O) groups is 1. The summed E-state index contributed by atoms with van der Waals surface area (Å²) in [5, 5.41) is 12.5. The summed E-state index contributed by atoms with van der Waals surface area (Å²) in [4.78, 5) is 14.0. The van der Waals surface area contributed by atoms with Crippen LogP contribution in [-0.4, -0.2) is 41.1 Å². The van der Waals surface area contributed by atoms with Crippen molar-refractivity contribution in [1.29, 1.82) is 0 Å². The number of benzene rings is 3. The van der Waals surface area contributed by atoms with Gasteiger partial charge < -0.3 is 19.9 Å². The van der Waals surface area contributed by atoms with E-state index in [0.29, 0.717) is 12.6 Å². The molecule has 0 aromatic heterocycles. The molecule has 5 rings (SSSR count). The first-order valence-corrected chi connectivity index (χ1v) is 15.2. The molecule has 42 heavy (non-hydrogen) atoms. The number of nitrogens with one attached hydrogen (secondary N) is 1. The highest BCUT2D eigenvalue weighted by molar-refractivity contribution is 5.73. The maximum absolute atomic E-state index is 11.4. The molecule has 1 saturated carbocycles. The van der Waals surface area contributed by atoms with Gasteiger partial charge in [0.2, 0.25) is 5.91 Å². The molecule has 3 aromatic carbocycles. The predicted octanol–water partition coefficient (Wildman–Crippen LogP) is 6.70. The molecule has 2 N–H and O–H groups in total. The number of aliphatic hydroxyl groups is 1. The Balaban J connectivity index is 1.43. The summed E-state index contributed by atoms with van der Waals surface area (Å²) < 4.78 is 13.6. The van der Waals surface area contributed by atoms with Crippen LogP contribution in [0.3, 0.4) is 0 Å². The summed E-state index contributed by atoms with van der Waals surface area (Å²) >= 11 is 0. The maximum Gasteiger partial charge on any atom is 0.217 e. The molecule has 0 radical (unpaired) electrons. The minimum absolute atomic E-state index is 0.0203. The molecule has 222 valence electrons. The first kappa shape index (κ1) is 30.2. The van der Waals surface area contributed by atoms with Crippen LogP contribution < -0.4 is 5.32 Å². The van der Waals surface area contributed by atoms with Crippen LogP contribution in [-0.2, 0) is 27.4 Å². The molecule has 1 saturated heterocycles. The molecule has 6 nitrogen and oxygen atoms in total. The number of hydrogen-bond donors (Lipinski definition) is 2. The zero-order valence-electron chi connectivity index (χ0n) is 24.9. The van der Waals surface area contributed by atoms with Gasteiger partial charge in [-0.25, -0.2) is 0 Å². The number of nitrogens with zero attached hydrogens (tertiary/aromatic N) is 1. The third kappa shape index (κ3) is 7.37. The van der Waals surface area contributed by atoms with Gasteiger partial charge in [-0.05, 0) is 52.8 Å². The van der Waals surface area contributed by atoms with Crippen LogP contribution >= 0.6 is 0 Å². The van der Waals surface area contributed by atoms with E-state index in [0.717, 1.165) is 46.5 Å². The molecule has 0 spiro atoms. The molecular weight excluding hydrogens is 524 g/mol. The van der Waals surface area contributed by atoms with Crippen molar-refractivity contribution in [3.8, 4) is 11.1 Å². The van der Waals surface area contributed by atoms with Crippen molar-refractivity contribution in [1.82, 2.24) is 10.2 Å². The summed E-state index contributed by atoms with van der Waals surface area (Å²) in [5.74, 6) is 0.0847. The molecule has 2 fully saturated rings. The Bertz CT molecular complexity index is 1330. The molecule has 3 aromatic rings. The molecule has 0 bridgehead atoms. The summed E-state index contributed by atoms with van der Waals surface area (Å²) in [6.07, 6.45) is 6.32. The van der Waals surface area contributed by atoms with Crippen molar-refractivity contribution in [2.24, 2.45) is 5.92 Å². The Morgan fingerprint density at radius 2 is 1.69 bits per heavy atom. The van der Waals surface area contributed by atoms with E-state index in [2.05, 4.69) is 72.3 Å². The quantitative estimate of drug-likeness (QED) is 0.252. The van der Waals surface area contributed by atoms with Gasteiger partial charge in [-0.1, -0.05) is 86.5 Å². The number of carbonyl (C=O) groups excluding carboxylic acids is 1. The average molecular weight is 569 g/mol. The second-order valence-electron chi connectivity index (χ2n) is 11.7. The third-order valence-corrected chi connectivity index (χ3v) is 8.70. The topological polar surface area (TPSA) is 71.0 Å². The van der Waals surface area contributed by atoms with E-state index >= 15 is 0 Å². The predicted molar refractivity (Wildman–Crippen MR) is 166 cm³/mol. The van der Waals surface area contributed by atoms with Crippen molar-refractivity contribution < 1.29 is 19.4 Å². The van der Waals surface area contributed by atoms with Gasteiger partial charge >= 0.3 is 0 Å². The Morgan fingerprint density at radius 1 is 0.976 bits per heavy atom. The van der Waals surface area contributed by atoms with Crippen molar-refractivity contribution in [3.63, 3.8) is 0 Å². The SMILES string of the molecule is C=CCN(CC1OC(c2cccc(-c3cccc(CNC(C)=O)c3)c2)OC(c2ccc(CO)cc2)C1C)C1CCCC1. The number of ether oxygens (including phenoxy) is 2. The van der Waals surface area contributed by atoms with Gasteiger partial charge in [-0.2, -0.15) is 0 Å². The molecule has 1 amide bonds. The van der Waals surface area contributed by atoms with Crippen LogP contribution in [0.5, 0.6) is 0 Å². The fraction of sp³-hybridized carbons (Fsp3) is 0.417.